The van der Waals surface area contributed by atoms with Crippen LogP contribution >= 0.6 is 11.3 Å². The van der Waals surface area contributed by atoms with Crippen LogP contribution in [0.3, 0.4) is 0 Å². The van der Waals surface area contributed by atoms with E-state index in [2.05, 4.69) is 15.4 Å². The quantitative estimate of drug-likeness (QED) is 0.472. The maximum Gasteiger partial charge on any atom is 0.230 e. The number of nitrogens with one attached hydrogen (secondary N) is 1. The highest BCUT2D eigenvalue weighted by Gasteiger charge is 2.10. The van der Waals surface area contributed by atoms with E-state index < -0.39 is 0 Å². The summed E-state index contributed by atoms with van der Waals surface area (Å²) in [5.74, 6) is 0.697. The summed E-state index contributed by atoms with van der Waals surface area (Å²) in [6.45, 7) is 4.41. The number of amides is 1. The third kappa shape index (κ3) is 4.93. The van der Waals surface area contributed by atoms with Crippen LogP contribution in [0.25, 0.3) is 5.69 Å². The number of carbonyl (C=O) groups excluding carboxylic acids is 1. The van der Waals surface area contributed by atoms with E-state index in [-0.39, 0.29) is 12.3 Å². The van der Waals surface area contributed by atoms with Crippen molar-refractivity contribution in [1.29, 1.82) is 0 Å². The average Bonchev–Trinajstić information content (AvgIpc) is 3.36. The van der Waals surface area contributed by atoms with Gasteiger partial charge in [-0.25, -0.2) is 9.67 Å². The van der Waals surface area contributed by atoms with Gasteiger partial charge >= 0.3 is 0 Å². The standard InChI is InChI=1S/C23H22N4O2S/c1-16-6-8-21(9-7-16)29-14-23-26-19(15-30-23)13-22(28)25-18-4-3-5-20(12-18)27-17(2)10-11-24-27/h3-12,15H,13-14H2,1-2H3,(H,25,28). The van der Waals surface area contributed by atoms with Gasteiger partial charge in [-0.15, -0.1) is 11.3 Å². The van der Waals surface area contributed by atoms with Gasteiger partial charge in [0.15, 0.2) is 0 Å². The van der Waals surface area contributed by atoms with Crippen LogP contribution in [-0.4, -0.2) is 20.7 Å². The number of hydrogen-bond acceptors (Lipinski definition) is 5. The highest BCUT2D eigenvalue weighted by atomic mass is 32.1. The monoisotopic (exact) mass is 418 g/mol. The summed E-state index contributed by atoms with van der Waals surface area (Å²) in [4.78, 5) is 17.0. The zero-order valence-electron chi connectivity index (χ0n) is 16.8. The van der Waals surface area contributed by atoms with E-state index in [0.29, 0.717) is 6.61 Å². The molecule has 2 heterocycles. The summed E-state index contributed by atoms with van der Waals surface area (Å²) in [6.07, 6.45) is 1.97. The fourth-order valence-electron chi connectivity index (χ4n) is 3.00. The molecule has 152 valence electrons. The molecule has 2 aromatic carbocycles. The minimum absolute atomic E-state index is 0.111. The Bertz CT molecular complexity index is 1150. The van der Waals surface area contributed by atoms with Gasteiger partial charge in [-0.1, -0.05) is 23.8 Å². The zero-order chi connectivity index (χ0) is 20.9. The molecule has 0 unspecified atom stereocenters. The molecule has 1 amide bonds. The Balaban J connectivity index is 1.33. The van der Waals surface area contributed by atoms with Crippen LogP contribution < -0.4 is 10.1 Å². The van der Waals surface area contributed by atoms with Crippen LogP contribution in [0.4, 0.5) is 5.69 Å². The molecule has 0 atom stereocenters. The number of aryl methyl sites for hydroxylation is 2. The van der Waals surface area contributed by atoms with Crippen molar-refractivity contribution in [2.45, 2.75) is 26.9 Å². The first-order chi connectivity index (χ1) is 14.6. The number of rotatable bonds is 7. The molecule has 0 aliphatic heterocycles. The van der Waals surface area contributed by atoms with Gasteiger partial charge in [-0.3, -0.25) is 4.79 Å². The molecule has 7 heteroatoms. The number of hydrogen-bond donors (Lipinski definition) is 1. The minimum Gasteiger partial charge on any atom is -0.486 e. The van der Waals surface area contributed by atoms with Gasteiger partial charge in [-0.2, -0.15) is 5.10 Å². The molecule has 30 heavy (non-hydrogen) atoms. The maximum atomic E-state index is 12.5. The van der Waals surface area contributed by atoms with Crippen molar-refractivity contribution in [2.24, 2.45) is 0 Å². The molecule has 0 aliphatic carbocycles. The van der Waals surface area contributed by atoms with E-state index >= 15 is 0 Å². The second kappa shape index (κ2) is 8.92. The van der Waals surface area contributed by atoms with Crippen molar-refractivity contribution in [3.8, 4) is 11.4 Å². The molecule has 0 fully saturated rings. The minimum atomic E-state index is -0.111. The van der Waals surface area contributed by atoms with Crippen molar-refractivity contribution in [1.82, 2.24) is 14.8 Å². The summed E-state index contributed by atoms with van der Waals surface area (Å²) in [5, 5.41) is 9.98. The summed E-state index contributed by atoms with van der Waals surface area (Å²) in [5.41, 5.74) is 4.58. The van der Waals surface area contributed by atoms with Crippen LogP contribution in [0.2, 0.25) is 0 Å². The Labute approximate surface area is 179 Å². The lowest BCUT2D eigenvalue weighted by Gasteiger charge is -2.08. The lowest BCUT2D eigenvalue weighted by atomic mass is 10.2. The van der Waals surface area contributed by atoms with Gasteiger partial charge in [0.1, 0.15) is 17.4 Å². The normalized spacial score (nSPS) is 10.7. The van der Waals surface area contributed by atoms with E-state index in [1.165, 1.54) is 16.9 Å². The molecule has 0 bridgehead atoms. The van der Waals surface area contributed by atoms with Crippen LogP contribution in [-0.2, 0) is 17.8 Å². The fourth-order valence-corrected chi connectivity index (χ4v) is 3.71. The largest absolute Gasteiger partial charge is 0.486 e. The molecule has 0 saturated heterocycles. The van der Waals surface area contributed by atoms with E-state index in [9.17, 15) is 4.79 Å². The zero-order valence-corrected chi connectivity index (χ0v) is 17.6. The maximum absolute atomic E-state index is 12.5. The van der Waals surface area contributed by atoms with Gasteiger partial charge in [0.25, 0.3) is 0 Å². The van der Waals surface area contributed by atoms with Crippen molar-refractivity contribution in [3.63, 3.8) is 0 Å². The third-order valence-corrected chi connectivity index (χ3v) is 5.40. The number of thiazole rings is 1. The van der Waals surface area contributed by atoms with Crippen molar-refractivity contribution >= 4 is 22.9 Å². The second-order valence-electron chi connectivity index (χ2n) is 6.99. The molecule has 4 rings (SSSR count). The van der Waals surface area contributed by atoms with Crippen molar-refractivity contribution < 1.29 is 9.53 Å². The number of ether oxygens (including phenoxy) is 1. The lowest BCUT2D eigenvalue weighted by Crippen LogP contribution is -2.15. The Kier molecular flexibility index (Phi) is 5.90. The average molecular weight is 419 g/mol. The predicted molar refractivity (Wildman–Crippen MR) is 118 cm³/mol. The molecule has 0 radical (unpaired) electrons. The first-order valence-corrected chi connectivity index (χ1v) is 10.5. The first kappa shape index (κ1) is 19.8. The summed E-state index contributed by atoms with van der Waals surface area (Å²) in [6, 6.07) is 17.5. The van der Waals surface area contributed by atoms with E-state index in [4.69, 9.17) is 4.74 Å². The van der Waals surface area contributed by atoms with E-state index in [1.807, 2.05) is 78.5 Å². The first-order valence-electron chi connectivity index (χ1n) is 9.60. The molecule has 0 spiro atoms. The van der Waals surface area contributed by atoms with Gasteiger partial charge in [-0.05, 0) is 50.2 Å². The van der Waals surface area contributed by atoms with Gasteiger partial charge < -0.3 is 10.1 Å². The predicted octanol–water partition coefficient (Wildman–Crippen LogP) is 4.71. The van der Waals surface area contributed by atoms with E-state index in [0.717, 1.165) is 33.5 Å². The number of benzene rings is 2. The SMILES string of the molecule is Cc1ccc(OCc2nc(CC(=O)Nc3cccc(-n4nccc4C)c3)cs2)cc1. The molecule has 6 nitrogen and oxygen atoms in total. The highest BCUT2D eigenvalue weighted by molar-refractivity contribution is 7.09. The van der Waals surface area contributed by atoms with Crippen LogP contribution in [0, 0.1) is 13.8 Å². The van der Waals surface area contributed by atoms with Crippen LogP contribution in [0.15, 0.2) is 66.2 Å². The summed E-state index contributed by atoms with van der Waals surface area (Å²) in [7, 11) is 0. The van der Waals surface area contributed by atoms with Gasteiger partial charge in [0.2, 0.25) is 5.91 Å². The Morgan fingerprint density at radius 2 is 1.97 bits per heavy atom. The van der Waals surface area contributed by atoms with Gasteiger partial charge in [0, 0.05) is 23.0 Å². The number of anilines is 1. The summed E-state index contributed by atoms with van der Waals surface area (Å²) < 4.78 is 7.59. The van der Waals surface area contributed by atoms with Gasteiger partial charge in [0.05, 0.1) is 17.8 Å². The Morgan fingerprint density at radius 3 is 2.73 bits per heavy atom. The molecular formula is C23H22N4O2S. The molecule has 1 N–H and O–H groups in total. The number of carbonyl (C=O) groups is 1. The second-order valence-corrected chi connectivity index (χ2v) is 7.94. The molecule has 4 aromatic rings. The number of nitrogens with zero attached hydrogens (tertiary/aromatic N) is 3. The lowest BCUT2D eigenvalue weighted by molar-refractivity contribution is -0.115. The molecular weight excluding hydrogens is 396 g/mol. The van der Waals surface area contributed by atoms with Crippen molar-refractivity contribution in [3.05, 3.63) is 88.1 Å². The Morgan fingerprint density at radius 1 is 1.13 bits per heavy atom. The fraction of sp³-hybridized carbons (Fsp3) is 0.174. The smallest absolute Gasteiger partial charge is 0.230 e. The molecule has 2 aromatic heterocycles. The molecule has 0 saturated carbocycles. The van der Waals surface area contributed by atoms with Crippen LogP contribution in [0.1, 0.15) is 22.0 Å². The third-order valence-electron chi connectivity index (χ3n) is 4.53. The topological polar surface area (TPSA) is 69.0 Å². The molecule has 0 aliphatic rings. The Hall–Kier alpha value is -3.45. The van der Waals surface area contributed by atoms with Crippen LogP contribution in [0.5, 0.6) is 5.75 Å². The van der Waals surface area contributed by atoms with Crippen molar-refractivity contribution in [2.75, 3.05) is 5.32 Å². The highest BCUT2D eigenvalue weighted by Crippen LogP contribution is 2.18. The summed E-state index contributed by atoms with van der Waals surface area (Å²) >= 11 is 1.49. The number of aromatic nitrogens is 3. The van der Waals surface area contributed by atoms with E-state index in [1.54, 1.807) is 6.20 Å².